The summed E-state index contributed by atoms with van der Waals surface area (Å²) in [5.74, 6) is -1.10. The summed E-state index contributed by atoms with van der Waals surface area (Å²) in [7, 11) is 0. The Morgan fingerprint density at radius 3 is 2.35 bits per heavy atom. The minimum absolute atomic E-state index is 0.0235. The van der Waals surface area contributed by atoms with Gasteiger partial charge in [0.15, 0.2) is 0 Å². The van der Waals surface area contributed by atoms with Crippen LogP contribution in [0.4, 0.5) is 0 Å². The molecule has 1 rings (SSSR count). The summed E-state index contributed by atoms with van der Waals surface area (Å²) in [6.45, 7) is 1.85. The minimum atomic E-state index is -1.13. The van der Waals surface area contributed by atoms with Crippen LogP contribution in [0.15, 0.2) is 33.4 Å². The molecule has 0 bridgehead atoms. The van der Waals surface area contributed by atoms with Gasteiger partial charge in [-0.3, -0.25) is 0 Å². The van der Waals surface area contributed by atoms with Crippen LogP contribution in [0.3, 0.4) is 0 Å². The van der Waals surface area contributed by atoms with E-state index in [2.05, 4.69) is 0 Å². The third-order valence-corrected chi connectivity index (χ3v) is 3.89. The van der Waals surface area contributed by atoms with Crippen molar-refractivity contribution in [2.75, 3.05) is 0 Å². The van der Waals surface area contributed by atoms with Crippen molar-refractivity contribution in [1.29, 1.82) is 0 Å². The van der Waals surface area contributed by atoms with Gasteiger partial charge in [0.05, 0.1) is 5.57 Å². The highest BCUT2D eigenvalue weighted by Crippen LogP contribution is 2.29. The number of aliphatic carboxylic acids is 1. The van der Waals surface area contributed by atoms with Gasteiger partial charge >= 0.3 is 5.97 Å². The highest BCUT2D eigenvalue weighted by atomic mass is 127. The van der Waals surface area contributed by atoms with Crippen molar-refractivity contribution >= 4 is 40.2 Å². The van der Waals surface area contributed by atoms with Gasteiger partial charge in [0.1, 0.15) is 6.10 Å². The molecule has 1 aromatic rings. The van der Waals surface area contributed by atoms with Crippen LogP contribution in [-0.4, -0.2) is 16.2 Å². The number of benzene rings is 1. The molecular formula is C12H12ClIO3. The fraction of sp³-hybridized carbons (Fsp3) is 0.250. The number of aliphatic hydroxyl groups is 1. The predicted molar refractivity (Wildman–Crippen MR) is 75.4 cm³/mol. The fourth-order valence-corrected chi connectivity index (χ4v) is 2.04. The van der Waals surface area contributed by atoms with Crippen LogP contribution in [0, 0.1) is 0 Å². The third-order valence-electron chi connectivity index (χ3n) is 2.29. The number of hydrogen-bond donors (Lipinski definition) is 2. The van der Waals surface area contributed by atoms with E-state index in [1.165, 1.54) is 0 Å². The highest BCUT2D eigenvalue weighted by Gasteiger charge is 2.22. The number of aliphatic hydroxyl groups excluding tert-OH is 1. The summed E-state index contributed by atoms with van der Waals surface area (Å²) in [6, 6.07) is 6.49. The molecule has 17 heavy (non-hydrogen) atoms. The van der Waals surface area contributed by atoms with Gasteiger partial charge in [-0.15, -0.1) is 0 Å². The lowest BCUT2D eigenvalue weighted by molar-refractivity contribution is -0.133. The first kappa shape index (κ1) is 14.5. The van der Waals surface area contributed by atoms with Crippen molar-refractivity contribution in [2.45, 2.75) is 19.4 Å². The molecule has 0 radical (unpaired) electrons. The van der Waals surface area contributed by atoms with Crippen LogP contribution < -0.4 is 0 Å². The first-order valence-corrected chi connectivity index (χ1v) is 6.48. The van der Waals surface area contributed by atoms with Crippen LogP contribution in [0.5, 0.6) is 0 Å². The van der Waals surface area contributed by atoms with Gasteiger partial charge in [-0.25, -0.2) is 4.79 Å². The third kappa shape index (κ3) is 3.69. The van der Waals surface area contributed by atoms with E-state index in [1.807, 2.05) is 29.5 Å². The van der Waals surface area contributed by atoms with Gasteiger partial charge in [0, 0.05) is 8.60 Å². The molecule has 0 saturated heterocycles. The maximum atomic E-state index is 11.1. The number of rotatable bonds is 4. The van der Waals surface area contributed by atoms with E-state index in [-0.39, 0.29) is 5.57 Å². The Morgan fingerprint density at radius 2 is 1.94 bits per heavy atom. The maximum Gasteiger partial charge on any atom is 0.335 e. The van der Waals surface area contributed by atoms with Crippen LogP contribution in [-0.2, 0) is 4.79 Å². The number of carboxylic acids is 1. The summed E-state index contributed by atoms with van der Waals surface area (Å²) in [5.41, 5.74) is 0.546. The quantitative estimate of drug-likeness (QED) is 0.633. The molecule has 5 heteroatoms. The van der Waals surface area contributed by atoms with E-state index in [0.717, 1.165) is 0 Å². The lowest BCUT2D eigenvalue weighted by Gasteiger charge is -2.14. The molecule has 1 unspecified atom stereocenters. The number of carbonyl (C=O) groups is 1. The Kier molecular flexibility index (Phi) is 5.42. The van der Waals surface area contributed by atoms with Crippen LogP contribution >= 0.6 is 34.2 Å². The average Bonchev–Trinajstić information content (AvgIpc) is 2.29. The van der Waals surface area contributed by atoms with E-state index in [0.29, 0.717) is 20.6 Å². The second kappa shape index (κ2) is 6.37. The summed E-state index contributed by atoms with van der Waals surface area (Å²) in [5, 5.41) is 19.7. The van der Waals surface area contributed by atoms with Crippen molar-refractivity contribution in [3.8, 4) is 0 Å². The van der Waals surface area contributed by atoms with Crippen molar-refractivity contribution in [2.24, 2.45) is 0 Å². The zero-order valence-corrected chi connectivity index (χ0v) is 12.1. The van der Waals surface area contributed by atoms with Gasteiger partial charge in [-0.2, -0.15) is 0 Å². The van der Waals surface area contributed by atoms with E-state index in [4.69, 9.17) is 16.7 Å². The van der Waals surface area contributed by atoms with Gasteiger partial charge in [-0.1, -0.05) is 30.7 Å². The van der Waals surface area contributed by atoms with Gasteiger partial charge in [0.2, 0.25) is 0 Å². The Hall–Kier alpha value is -0.590. The maximum absolute atomic E-state index is 11.1. The van der Waals surface area contributed by atoms with E-state index in [9.17, 15) is 9.90 Å². The molecule has 0 aliphatic carbocycles. The average molecular weight is 367 g/mol. The summed E-state index contributed by atoms with van der Waals surface area (Å²) in [4.78, 5) is 11.1. The second-order valence-corrected chi connectivity index (χ2v) is 5.17. The molecule has 0 amide bonds. The fourth-order valence-electron chi connectivity index (χ4n) is 1.38. The minimum Gasteiger partial charge on any atom is -0.478 e. The Balaban J connectivity index is 3.13. The smallest absolute Gasteiger partial charge is 0.335 e. The zero-order valence-electron chi connectivity index (χ0n) is 9.15. The zero-order chi connectivity index (χ0) is 13.0. The van der Waals surface area contributed by atoms with Gasteiger partial charge < -0.3 is 10.2 Å². The molecule has 0 aliphatic rings. The lowest BCUT2D eigenvalue weighted by Crippen LogP contribution is -2.12. The van der Waals surface area contributed by atoms with E-state index < -0.39 is 12.1 Å². The normalized spacial score (nSPS) is 14.1. The molecule has 0 spiro atoms. The largest absolute Gasteiger partial charge is 0.478 e. The van der Waals surface area contributed by atoms with Crippen molar-refractivity contribution in [3.63, 3.8) is 0 Å². The Labute approximate surface area is 118 Å². The number of carboxylic acid groups (broad SMARTS) is 1. The first-order chi connectivity index (χ1) is 7.97. The van der Waals surface area contributed by atoms with Gasteiger partial charge in [-0.05, 0) is 46.7 Å². The van der Waals surface area contributed by atoms with Gasteiger partial charge in [0.25, 0.3) is 0 Å². The van der Waals surface area contributed by atoms with Crippen molar-refractivity contribution in [3.05, 3.63) is 44.0 Å². The summed E-state index contributed by atoms with van der Waals surface area (Å²) in [6.07, 6.45) is -0.552. The van der Waals surface area contributed by atoms with E-state index >= 15 is 0 Å². The monoisotopic (exact) mass is 366 g/mol. The molecule has 0 saturated carbocycles. The van der Waals surface area contributed by atoms with Crippen LogP contribution in [0.25, 0.3) is 0 Å². The SMILES string of the molecule is CCC(I)=C(C(=O)O)C(O)c1ccc(Cl)cc1. The standard InChI is InChI=1S/C12H12ClIO3/c1-2-9(14)10(12(16)17)11(15)7-3-5-8(13)6-4-7/h3-6,11,15H,2H2,1H3,(H,16,17). The number of halogens is 2. The van der Waals surface area contributed by atoms with Crippen LogP contribution in [0.2, 0.25) is 5.02 Å². The molecular weight excluding hydrogens is 354 g/mol. The Bertz CT molecular complexity index is 440. The second-order valence-electron chi connectivity index (χ2n) is 3.43. The molecule has 0 heterocycles. The number of allylic oxidation sites excluding steroid dienone is 1. The van der Waals surface area contributed by atoms with Crippen molar-refractivity contribution < 1.29 is 15.0 Å². The predicted octanol–water partition coefficient (Wildman–Crippen LogP) is 3.56. The molecule has 1 atom stereocenters. The molecule has 2 N–H and O–H groups in total. The van der Waals surface area contributed by atoms with E-state index in [1.54, 1.807) is 24.3 Å². The summed E-state index contributed by atoms with van der Waals surface area (Å²) < 4.78 is 0.637. The molecule has 0 aliphatic heterocycles. The van der Waals surface area contributed by atoms with Crippen molar-refractivity contribution in [1.82, 2.24) is 0 Å². The molecule has 0 fully saturated rings. The lowest BCUT2D eigenvalue weighted by atomic mass is 10.0. The number of hydrogen-bond acceptors (Lipinski definition) is 2. The van der Waals surface area contributed by atoms with Crippen LogP contribution in [0.1, 0.15) is 25.0 Å². The molecule has 0 aromatic heterocycles. The highest BCUT2D eigenvalue weighted by molar-refractivity contribution is 14.1. The first-order valence-electron chi connectivity index (χ1n) is 5.02. The molecule has 3 nitrogen and oxygen atoms in total. The molecule has 1 aromatic carbocycles. The topological polar surface area (TPSA) is 57.5 Å². The Morgan fingerprint density at radius 1 is 1.41 bits per heavy atom. The molecule has 92 valence electrons. The summed E-state index contributed by atoms with van der Waals surface area (Å²) >= 11 is 7.68.